The van der Waals surface area contributed by atoms with Gasteiger partial charge >= 0.3 is 12.0 Å². The molecule has 6 heteroatoms. The number of carboxylic acid groups (broad SMARTS) is 1. The number of nitrogens with zero attached hydrogens (tertiary/aromatic N) is 2. The zero-order valence-electron chi connectivity index (χ0n) is 13.0. The van der Waals surface area contributed by atoms with E-state index < -0.39 is 11.4 Å². The number of likely N-dealkylation sites (tertiary alicyclic amines) is 1. The Morgan fingerprint density at radius 2 is 2.10 bits per heavy atom. The van der Waals surface area contributed by atoms with Crippen LogP contribution >= 0.6 is 0 Å². The van der Waals surface area contributed by atoms with Crippen LogP contribution in [0, 0.1) is 5.41 Å². The summed E-state index contributed by atoms with van der Waals surface area (Å²) in [6.07, 6.45) is 2.51. The summed E-state index contributed by atoms with van der Waals surface area (Å²) in [7, 11) is 3.99. The third kappa shape index (κ3) is 4.10. The van der Waals surface area contributed by atoms with Gasteiger partial charge in [-0.25, -0.2) is 4.79 Å². The summed E-state index contributed by atoms with van der Waals surface area (Å²) in [6.45, 7) is 5.25. The molecule has 0 aromatic rings. The minimum atomic E-state index is -0.896. The Hall–Kier alpha value is -1.30. The minimum absolute atomic E-state index is 0.143. The summed E-state index contributed by atoms with van der Waals surface area (Å²) >= 11 is 0. The van der Waals surface area contributed by atoms with Crippen LogP contribution in [-0.2, 0) is 4.79 Å². The molecule has 2 atom stereocenters. The molecule has 1 fully saturated rings. The number of rotatable bonds is 6. The molecule has 0 aromatic carbocycles. The third-order valence-electron chi connectivity index (χ3n) is 4.14. The van der Waals surface area contributed by atoms with Gasteiger partial charge in [0.25, 0.3) is 0 Å². The van der Waals surface area contributed by atoms with Crippen LogP contribution in [-0.4, -0.2) is 66.7 Å². The van der Waals surface area contributed by atoms with Gasteiger partial charge in [0, 0.05) is 25.7 Å². The van der Waals surface area contributed by atoms with E-state index >= 15 is 0 Å². The summed E-state index contributed by atoms with van der Waals surface area (Å²) in [5, 5.41) is 12.0. The molecule has 116 valence electrons. The molecule has 1 aliphatic rings. The predicted octanol–water partition coefficient (Wildman–Crippen LogP) is 1.22. The molecule has 1 rings (SSSR count). The van der Waals surface area contributed by atoms with Crippen molar-refractivity contribution in [3.8, 4) is 0 Å². The van der Waals surface area contributed by atoms with Gasteiger partial charge in [-0.3, -0.25) is 4.79 Å². The standard InChI is InChI=1S/C14H27N3O3/c1-5-14(2,12(18)19)10-15-13(20)17-8-6-7-11(17)9-16(3)4/h11H,5-10H2,1-4H3,(H,15,20)(H,18,19). The number of hydrogen-bond donors (Lipinski definition) is 2. The third-order valence-corrected chi connectivity index (χ3v) is 4.14. The largest absolute Gasteiger partial charge is 0.481 e. The summed E-state index contributed by atoms with van der Waals surface area (Å²) in [5.41, 5.74) is -0.896. The van der Waals surface area contributed by atoms with Crippen molar-refractivity contribution >= 4 is 12.0 Å². The van der Waals surface area contributed by atoms with Crippen LogP contribution in [0.5, 0.6) is 0 Å². The van der Waals surface area contributed by atoms with E-state index in [0.717, 1.165) is 25.9 Å². The van der Waals surface area contributed by atoms with Gasteiger partial charge in [-0.2, -0.15) is 0 Å². The van der Waals surface area contributed by atoms with Crippen LogP contribution in [0.3, 0.4) is 0 Å². The van der Waals surface area contributed by atoms with E-state index in [2.05, 4.69) is 10.2 Å². The fourth-order valence-electron chi connectivity index (χ4n) is 2.44. The summed E-state index contributed by atoms with van der Waals surface area (Å²) < 4.78 is 0. The van der Waals surface area contributed by atoms with Gasteiger partial charge in [0.1, 0.15) is 0 Å². The molecule has 2 unspecified atom stereocenters. The maximum Gasteiger partial charge on any atom is 0.317 e. The van der Waals surface area contributed by atoms with Crippen molar-refractivity contribution in [2.24, 2.45) is 5.41 Å². The SMILES string of the molecule is CCC(C)(CNC(=O)N1CCCC1CN(C)C)C(=O)O. The minimum Gasteiger partial charge on any atom is -0.481 e. The fraction of sp³-hybridized carbons (Fsp3) is 0.857. The summed E-state index contributed by atoms with van der Waals surface area (Å²) in [5.74, 6) is -0.869. The van der Waals surface area contributed by atoms with Crippen LogP contribution in [0.2, 0.25) is 0 Å². The smallest absolute Gasteiger partial charge is 0.317 e. The van der Waals surface area contributed by atoms with Crippen molar-refractivity contribution < 1.29 is 14.7 Å². The monoisotopic (exact) mass is 285 g/mol. The van der Waals surface area contributed by atoms with Crippen LogP contribution in [0.15, 0.2) is 0 Å². The van der Waals surface area contributed by atoms with Crippen molar-refractivity contribution in [2.75, 3.05) is 33.7 Å². The molecule has 0 radical (unpaired) electrons. The lowest BCUT2D eigenvalue weighted by Crippen LogP contribution is -2.49. The van der Waals surface area contributed by atoms with Crippen molar-refractivity contribution in [1.29, 1.82) is 0 Å². The average Bonchev–Trinajstić information content (AvgIpc) is 2.82. The zero-order valence-corrected chi connectivity index (χ0v) is 13.0. The molecular formula is C14H27N3O3. The van der Waals surface area contributed by atoms with Crippen molar-refractivity contribution in [1.82, 2.24) is 15.1 Å². The van der Waals surface area contributed by atoms with Crippen LogP contribution in [0.4, 0.5) is 4.79 Å². The number of carbonyl (C=O) groups excluding carboxylic acids is 1. The molecule has 0 aliphatic carbocycles. The molecular weight excluding hydrogens is 258 g/mol. The van der Waals surface area contributed by atoms with Gasteiger partial charge < -0.3 is 20.2 Å². The average molecular weight is 285 g/mol. The molecule has 1 heterocycles. The van der Waals surface area contributed by atoms with Crippen molar-refractivity contribution in [3.63, 3.8) is 0 Å². The molecule has 20 heavy (non-hydrogen) atoms. The van der Waals surface area contributed by atoms with Crippen LogP contribution in [0.1, 0.15) is 33.1 Å². The number of carboxylic acids is 1. The first-order valence-corrected chi connectivity index (χ1v) is 7.22. The molecule has 6 nitrogen and oxygen atoms in total. The van der Waals surface area contributed by atoms with Crippen LogP contribution in [0.25, 0.3) is 0 Å². The molecule has 2 amide bonds. The molecule has 0 spiro atoms. The quantitative estimate of drug-likeness (QED) is 0.769. The second kappa shape index (κ2) is 6.92. The zero-order chi connectivity index (χ0) is 15.3. The first-order valence-electron chi connectivity index (χ1n) is 7.22. The van der Waals surface area contributed by atoms with E-state index in [9.17, 15) is 14.7 Å². The van der Waals surface area contributed by atoms with E-state index in [0.29, 0.717) is 6.42 Å². The maximum absolute atomic E-state index is 12.2. The Kier molecular flexibility index (Phi) is 5.80. The lowest BCUT2D eigenvalue weighted by molar-refractivity contribution is -0.147. The van der Waals surface area contributed by atoms with Gasteiger partial charge in [0.2, 0.25) is 0 Å². The molecule has 1 aliphatic heterocycles. The van der Waals surface area contributed by atoms with Gasteiger partial charge in [0.05, 0.1) is 5.41 Å². The number of hydrogen-bond acceptors (Lipinski definition) is 3. The highest BCUT2D eigenvalue weighted by Gasteiger charge is 2.34. The Morgan fingerprint density at radius 1 is 1.45 bits per heavy atom. The topological polar surface area (TPSA) is 72.9 Å². The van der Waals surface area contributed by atoms with E-state index in [-0.39, 0.29) is 18.6 Å². The second-order valence-electron chi connectivity index (χ2n) is 6.13. The number of urea groups is 1. The van der Waals surface area contributed by atoms with E-state index in [1.807, 2.05) is 25.9 Å². The normalized spacial score (nSPS) is 21.9. The Labute approximate surface area is 121 Å². The van der Waals surface area contributed by atoms with Crippen molar-refractivity contribution in [2.45, 2.75) is 39.2 Å². The number of likely N-dealkylation sites (N-methyl/N-ethyl adjacent to an activating group) is 1. The Bertz CT molecular complexity index is 360. The van der Waals surface area contributed by atoms with Gasteiger partial charge in [-0.15, -0.1) is 0 Å². The highest BCUT2D eigenvalue weighted by molar-refractivity contribution is 5.78. The molecule has 0 aromatic heterocycles. The van der Waals surface area contributed by atoms with E-state index in [1.165, 1.54) is 0 Å². The highest BCUT2D eigenvalue weighted by atomic mass is 16.4. The van der Waals surface area contributed by atoms with Gasteiger partial charge in [-0.05, 0) is 40.3 Å². The Morgan fingerprint density at radius 3 is 2.60 bits per heavy atom. The Balaban J connectivity index is 2.56. The van der Waals surface area contributed by atoms with Gasteiger partial charge in [0.15, 0.2) is 0 Å². The fourth-order valence-corrected chi connectivity index (χ4v) is 2.44. The van der Waals surface area contributed by atoms with Crippen molar-refractivity contribution in [3.05, 3.63) is 0 Å². The number of aliphatic carboxylic acids is 1. The first kappa shape index (κ1) is 16.8. The summed E-state index contributed by atoms with van der Waals surface area (Å²) in [4.78, 5) is 27.4. The highest BCUT2D eigenvalue weighted by Crippen LogP contribution is 2.21. The van der Waals surface area contributed by atoms with E-state index in [4.69, 9.17) is 0 Å². The lowest BCUT2D eigenvalue weighted by atomic mass is 9.88. The molecule has 0 bridgehead atoms. The maximum atomic E-state index is 12.2. The number of nitrogens with one attached hydrogen (secondary N) is 1. The molecule has 1 saturated heterocycles. The predicted molar refractivity (Wildman–Crippen MR) is 77.7 cm³/mol. The number of carbonyl (C=O) groups is 2. The molecule has 2 N–H and O–H groups in total. The summed E-state index contributed by atoms with van der Waals surface area (Å²) in [6, 6.07) is 0.0815. The number of amides is 2. The molecule has 0 saturated carbocycles. The van der Waals surface area contributed by atoms with Gasteiger partial charge in [-0.1, -0.05) is 6.92 Å². The first-order chi connectivity index (χ1) is 9.30. The second-order valence-corrected chi connectivity index (χ2v) is 6.13. The van der Waals surface area contributed by atoms with Crippen LogP contribution < -0.4 is 5.32 Å². The lowest BCUT2D eigenvalue weighted by Gasteiger charge is -2.29. The van der Waals surface area contributed by atoms with E-state index in [1.54, 1.807) is 6.92 Å².